The smallest absolute Gasteiger partial charge is 0.128 e. The molecule has 0 aliphatic carbocycles. The van der Waals surface area contributed by atoms with Gasteiger partial charge in [0.05, 0.1) is 22.8 Å². The molecular formula is C13H12Cl2N2O. The van der Waals surface area contributed by atoms with Gasteiger partial charge >= 0.3 is 0 Å². The second-order valence-electron chi connectivity index (χ2n) is 3.68. The number of halogens is 2. The lowest BCUT2D eigenvalue weighted by atomic mass is 10.0. The number of aromatic nitrogens is 1. The Morgan fingerprint density at radius 2 is 2.06 bits per heavy atom. The first-order chi connectivity index (χ1) is 8.67. The highest BCUT2D eigenvalue weighted by molar-refractivity contribution is 6.44. The molecule has 0 atom stereocenters. The molecule has 0 bridgehead atoms. The predicted molar refractivity (Wildman–Crippen MR) is 74.1 cm³/mol. The molecule has 2 N–H and O–H groups in total. The first-order valence-corrected chi connectivity index (χ1v) is 6.10. The number of methoxy groups -OCH3 is 1. The van der Waals surface area contributed by atoms with E-state index in [1.54, 1.807) is 25.4 Å². The van der Waals surface area contributed by atoms with Crippen LogP contribution in [0.3, 0.4) is 0 Å². The van der Waals surface area contributed by atoms with Gasteiger partial charge in [0.2, 0.25) is 0 Å². The third-order valence-electron chi connectivity index (χ3n) is 2.59. The highest BCUT2D eigenvalue weighted by Crippen LogP contribution is 2.40. The molecule has 1 aromatic heterocycles. The molecule has 0 aliphatic rings. The van der Waals surface area contributed by atoms with Crippen molar-refractivity contribution in [2.45, 2.75) is 6.54 Å². The lowest BCUT2D eigenvalue weighted by molar-refractivity contribution is 0.416. The van der Waals surface area contributed by atoms with Gasteiger partial charge in [-0.2, -0.15) is 0 Å². The number of pyridine rings is 1. The predicted octanol–water partition coefficient (Wildman–Crippen LogP) is 3.52. The van der Waals surface area contributed by atoms with Gasteiger partial charge in [0, 0.05) is 18.3 Å². The van der Waals surface area contributed by atoms with Gasteiger partial charge in [-0.1, -0.05) is 23.2 Å². The van der Waals surface area contributed by atoms with Crippen LogP contribution in [0, 0.1) is 0 Å². The van der Waals surface area contributed by atoms with E-state index in [4.69, 9.17) is 33.7 Å². The van der Waals surface area contributed by atoms with Crippen molar-refractivity contribution in [2.24, 2.45) is 5.73 Å². The SMILES string of the molecule is COc1ccc(Cl)c(Cl)c1-c1ccnc(CN)c1. The molecule has 1 aromatic carbocycles. The van der Waals surface area contributed by atoms with Crippen molar-refractivity contribution in [2.75, 3.05) is 7.11 Å². The van der Waals surface area contributed by atoms with E-state index >= 15 is 0 Å². The van der Waals surface area contributed by atoms with Crippen LogP contribution in [0.1, 0.15) is 5.69 Å². The largest absolute Gasteiger partial charge is 0.496 e. The summed E-state index contributed by atoms with van der Waals surface area (Å²) >= 11 is 12.3. The van der Waals surface area contributed by atoms with Gasteiger partial charge in [0.15, 0.2) is 0 Å². The normalized spacial score (nSPS) is 10.4. The maximum atomic E-state index is 6.24. The highest BCUT2D eigenvalue weighted by atomic mass is 35.5. The third-order valence-corrected chi connectivity index (χ3v) is 3.40. The Morgan fingerprint density at radius 3 is 2.72 bits per heavy atom. The van der Waals surface area contributed by atoms with Crippen LogP contribution in [0.5, 0.6) is 5.75 Å². The van der Waals surface area contributed by atoms with E-state index < -0.39 is 0 Å². The van der Waals surface area contributed by atoms with Crippen LogP contribution in [0.15, 0.2) is 30.5 Å². The molecule has 3 nitrogen and oxygen atoms in total. The Labute approximate surface area is 115 Å². The van der Waals surface area contributed by atoms with Crippen molar-refractivity contribution < 1.29 is 4.74 Å². The zero-order chi connectivity index (χ0) is 13.1. The van der Waals surface area contributed by atoms with E-state index in [0.29, 0.717) is 22.3 Å². The summed E-state index contributed by atoms with van der Waals surface area (Å²) in [6.45, 7) is 0.369. The van der Waals surface area contributed by atoms with Gasteiger partial charge < -0.3 is 10.5 Å². The maximum absolute atomic E-state index is 6.24. The van der Waals surface area contributed by atoms with E-state index in [0.717, 1.165) is 16.8 Å². The topological polar surface area (TPSA) is 48.1 Å². The van der Waals surface area contributed by atoms with Crippen molar-refractivity contribution in [3.63, 3.8) is 0 Å². The van der Waals surface area contributed by atoms with E-state index in [9.17, 15) is 0 Å². The molecule has 0 radical (unpaired) electrons. The number of ether oxygens (including phenoxy) is 1. The summed E-state index contributed by atoms with van der Waals surface area (Å²) < 4.78 is 5.31. The van der Waals surface area contributed by atoms with Crippen LogP contribution in [-0.4, -0.2) is 12.1 Å². The van der Waals surface area contributed by atoms with Gasteiger partial charge in [0.1, 0.15) is 5.75 Å². The summed E-state index contributed by atoms with van der Waals surface area (Å²) in [6, 6.07) is 7.21. The molecule has 0 fully saturated rings. The Balaban J connectivity index is 2.65. The van der Waals surface area contributed by atoms with E-state index in [-0.39, 0.29) is 0 Å². The summed E-state index contributed by atoms with van der Waals surface area (Å²) in [5, 5.41) is 0.948. The standard InChI is InChI=1S/C13H12Cl2N2O/c1-18-11-3-2-10(14)13(15)12(11)8-4-5-17-9(6-8)7-16/h2-6H,7,16H2,1H3. The first kappa shape index (κ1) is 13.1. The average Bonchev–Trinajstić information content (AvgIpc) is 2.41. The minimum atomic E-state index is 0.369. The van der Waals surface area contributed by atoms with E-state index in [2.05, 4.69) is 4.98 Å². The first-order valence-electron chi connectivity index (χ1n) is 5.34. The molecule has 0 saturated heterocycles. The molecule has 1 heterocycles. The van der Waals surface area contributed by atoms with Gasteiger partial charge in [-0.05, 0) is 29.8 Å². The van der Waals surface area contributed by atoms with Crippen LogP contribution in [0.2, 0.25) is 10.0 Å². The molecule has 0 spiro atoms. The summed E-state index contributed by atoms with van der Waals surface area (Å²) in [4.78, 5) is 4.15. The van der Waals surface area contributed by atoms with Gasteiger partial charge in [-0.25, -0.2) is 0 Å². The van der Waals surface area contributed by atoms with Crippen LogP contribution >= 0.6 is 23.2 Å². The monoisotopic (exact) mass is 282 g/mol. The Bertz CT molecular complexity index is 573. The van der Waals surface area contributed by atoms with E-state index in [1.165, 1.54) is 0 Å². The lowest BCUT2D eigenvalue weighted by Crippen LogP contribution is -1.99. The van der Waals surface area contributed by atoms with Crippen LogP contribution in [0.25, 0.3) is 11.1 Å². The van der Waals surface area contributed by atoms with Crippen molar-refractivity contribution in [3.8, 4) is 16.9 Å². The number of hydrogen-bond acceptors (Lipinski definition) is 3. The summed E-state index contributed by atoms with van der Waals surface area (Å²) in [5.74, 6) is 0.665. The minimum absolute atomic E-state index is 0.369. The Morgan fingerprint density at radius 1 is 1.28 bits per heavy atom. The quantitative estimate of drug-likeness (QED) is 0.937. The number of hydrogen-bond donors (Lipinski definition) is 1. The summed E-state index contributed by atoms with van der Waals surface area (Å²) in [5.41, 5.74) is 8.00. The lowest BCUT2D eigenvalue weighted by Gasteiger charge is -2.12. The molecule has 18 heavy (non-hydrogen) atoms. The van der Waals surface area contributed by atoms with Crippen molar-refractivity contribution in [1.82, 2.24) is 4.98 Å². The van der Waals surface area contributed by atoms with Crippen LogP contribution in [0.4, 0.5) is 0 Å². The molecule has 0 saturated carbocycles. The molecule has 0 aliphatic heterocycles. The average molecular weight is 283 g/mol. The number of benzene rings is 1. The second-order valence-corrected chi connectivity index (χ2v) is 4.46. The van der Waals surface area contributed by atoms with Crippen LogP contribution in [-0.2, 0) is 6.54 Å². The fourth-order valence-corrected chi connectivity index (χ4v) is 2.14. The maximum Gasteiger partial charge on any atom is 0.128 e. The number of nitrogens with two attached hydrogens (primary N) is 1. The Kier molecular flexibility index (Phi) is 4.07. The Hall–Kier alpha value is -1.29. The minimum Gasteiger partial charge on any atom is -0.496 e. The molecule has 0 amide bonds. The van der Waals surface area contributed by atoms with Gasteiger partial charge in [0.25, 0.3) is 0 Å². The van der Waals surface area contributed by atoms with Gasteiger partial charge in [-0.3, -0.25) is 4.98 Å². The fraction of sp³-hybridized carbons (Fsp3) is 0.154. The molecule has 2 aromatic rings. The molecule has 2 rings (SSSR count). The van der Waals surface area contributed by atoms with Crippen molar-refractivity contribution in [3.05, 3.63) is 46.2 Å². The molecule has 0 unspecified atom stereocenters. The van der Waals surface area contributed by atoms with Crippen LogP contribution < -0.4 is 10.5 Å². The van der Waals surface area contributed by atoms with Crippen molar-refractivity contribution in [1.29, 1.82) is 0 Å². The fourth-order valence-electron chi connectivity index (χ4n) is 1.72. The van der Waals surface area contributed by atoms with Gasteiger partial charge in [-0.15, -0.1) is 0 Å². The molecular weight excluding hydrogens is 271 g/mol. The zero-order valence-corrected chi connectivity index (χ0v) is 11.3. The number of nitrogens with zero attached hydrogens (tertiary/aromatic N) is 1. The second kappa shape index (κ2) is 5.57. The number of rotatable bonds is 3. The van der Waals surface area contributed by atoms with E-state index in [1.807, 2.05) is 12.1 Å². The zero-order valence-electron chi connectivity index (χ0n) is 9.78. The van der Waals surface area contributed by atoms with Crippen molar-refractivity contribution >= 4 is 23.2 Å². The third kappa shape index (κ3) is 2.43. The molecule has 94 valence electrons. The summed E-state index contributed by atoms with van der Waals surface area (Å²) in [6.07, 6.45) is 1.69. The summed E-state index contributed by atoms with van der Waals surface area (Å²) in [7, 11) is 1.59. The highest BCUT2D eigenvalue weighted by Gasteiger charge is 2.14. The molecule has 5 heteroatoms.